The predicted molar refractivity (Wildman–Crippen MR) is 125 cm³/mol. The van der Waals surface area contributed by atoms with Gasteiger partial charge in [-0.3, -0.25) is 9.69 Å². The number of H-pyrrole nitrogens is 1. The summed E-state index contributed by atoms with van der Waals surface area (Å²) >= 11 is 6.04. The smallest absolute Gasteiger partial charge is 0.359 e. The van der Waals surface area contributed by atoms with Crippen LogP contribution in [0.15, 0.2) is 42.9 Å². The fraction of sp³-hybridized carbons (Fsp3) is 0.273. The molecule has 0 spiro atoms. The topological polar surface area (TPSA) is 95.0 Å². The zero-order valence-electron chi connectivity index (χ0n) is 18.6. The Balaban J connectivity index is 1.26. The van der Waals surface area contributed by atoms with Crippen LogP contribution in [0.3, 0.4) is 0 Å². The van der Waals surface area contributed by atoms with Gasteiger partial charge in [0, 0.05) is 54.4 Å². The molecule has 9 nitrogen and oxygen atoms in total. The van der Waals surface area contributed by atoms with E-state index in [4.69, 9.17) is 11.6 Å². The van der Waals surface area contributed by atoms with Gasteiger partial charge in [0.15, 0.2) is 17.3 Å². The van der Waals surface area contributed by atoms with Crippen LogP contribution >= 0.6 is 11.6 Å². The molecule has 1 saturated heterocycles. The molecule has 4 aromatic rings. The van der Waals surface area contributed by atoms with E-state index >= 15 is 0 Å². The van der Waals surface area contributed by atoms with Crippen LogP contribution in [0, 0.1) is 5.82 Å². The second-order valence-electron chi connectivity index (χ2n) is 8.27. The molecule has 1 aromatic carbocycles. The first-order valence-electron chi connectivity index (χ1n) is 10.9. The number of halogens is 5. The zero-order valence-corrected chi connectivity index (χ0v) is 19.3. The minimum atomic E-state index is -4.27. The predicted octanol–water partition coefficient (Wildman–Crippen LogP) is 3.87. The lowest BCUT2D eigenvalue weighted by Gasteiger charge is -2.35. The average Bonchev–Trinajstić information content (AvgIpc) is 3.46. The summed E-state index contributed by atoms with van der Waals surface area (Å²) in [5.74, 6) is -1.14. The van der Waals surface area contributed by atoms with E-state index < -0.39 is 24.4 Å². The van der Waals surface area contributed by atoms with Crippen molar-refractivity contribution in [3.05, 3.63) is 59.4 Å². The third-order valence-corrected chi connectivity index (χ3v) is 6.00. The summed E-state index contributed by atoms with van der Waals surface area (Å²) in [6, 6.07) is 6.41. The fourth-order valence-corrected chi connectivity index (χ4v) is 4.20. The number of piperazine rings is 1. The number of aromatic amines is 1. The maximum Gasteiger partial charge on any atom is 0.401 e. The van der Waals surface area contributed by atoms with Gasteiger partial charge >= 0.3 is 6.18 Å². The van der Waals surface area contributed by atoms with E-state index in [-0.39, 0.29) is 43.4 Å². The number of carbonyl (C=O) groups excluding carboxylic acids is 1. The molecule has 1 aliphatic heterocycles. The Labute approximate surface area is 206 Å². The Morgan fingerprint density at radius 3 is 2.67 bits per heavy atom. The number of nitrogens with one attached hydrogen (secondary N) is 2. The number of carbonyl (C=O) groups is 1. The number of anilines is 2. The van der Waals surface area contributed by atoms with Crippen LogP contribution in [0.1, 0.15) is 10.5 Å². The summed E-state index contributed by atoms with van der Waals surface area (Å²) in [5.41, 5.74) is 1.54. The standard InChI is InChI=1S/C22H19ClF4N8O/c23-13-1-2-17-15(7-13)18(10-28-17)30-21(36)19-11-35(32-31-19)14-8-16(24)20(29-9-14)34-5-3-33(4-6-34)12-22(25,26)27/h1-2,7-11,28H,3-6,12H2,(H,30,36). The lowest BCUT2D eigenvalue weighted by molar-refractivity contribution is -0.146. The zero-order chi connectivity index (χ0) is 25.4. The van der Waals surface area contributed by atoms with E-state index in [9.17, 15) is 22.4 Å². The van der Waals surface area contributed by atoms with Crippen LogP contribution in [-0.4, -0.2) is 74.7 Å². The highest BCUT2D eigenvalue weighted by Crippen LogP contribution is 2.27. The van der Waals surface area contributed by atoms with Gasteiger partial charge in [-0.2, -0.15) is 13.2 Å². The first kappa shape index (κ1) is 24.0. The molecule has 36 heavy (non-hydrogen) atoms. The molecular formula is C22H19ClF4N8O. The third-order valence-electron chi connectivity index (χ3n) is 5.76. The van der Waals surface area contributed by atoms with Gasteiger partial charge in [-0.15, -0.1) is 5.10 Å². The summed E-state index contributed by atoms with van der Waals surface area (Å²) in [6.07, 6.45) is 0.0516. The highest BCUT2D eigenvalue weighted by Gasteiger charge is 2.32. The summed E-state index contributed by atoms with van der Waals surface area (Å²) in [7, 11) is 0. The quantitative estimate of drug-likeness (QED) is 0.386. The number of alkyl halides is 3. The molecule has 1 amide bonds. The Hall–Kier alpha value is -3.71. The van der Waals surface area contributed by atoms with E-state index in [1.54, 1.807) is 29.3 Å². The van der Waals surface area contributed by atoms with E-state index in [0.29, 0.717) is 10.7 Å². The van der Waals surface area contributed by atoms with Crippen LogP contribution in [-0.2, 0) is 0 Å². The van der Waals surface area contributed by atoms with E-state index in [1.807, 2.05) is 0 Å². The molecule has 0 bridgehead atoms. The van der Waals surface area contributed by atoms with Crippen molar-refractivity contribution in [1.82, 2.24) is 29.9 Å². The van der Waals surface area contributed by atoms with Crippen molar-refractivity contribution in [3.8, 4) is 5.69 Å². The molecule has 2 N–H and O–H groups in total. The third kappa shape index (κ3) is 5.11. The minimum absolute atomic E-state index is 0.00310. The first-order valence-corrected chi connectivity index (χ1v) is 11.2. The van der Waals surface area contributed by atoms with Crippen molar-refractivity contribution in [2.45, 2.75) is 6.18 Å². The van der Waals surface area contributed by atoms with Crippen molar-refractivity contribution < 1.29 is 22.4 Å². The molecule has 0 atom stereocenters. The molecular weight excluding hydrogens is 504 g/mol. The molecule has 4 heterocycles. The molecule has 1 fully saturated rings. The van der Waals surface area contributed by atoms with Crippen LogP contribution in [0.4, 0.5) is 29.1 Å². The molecule has 0 radical (unpaired) electrons. The number of benzene rings is 1. The normalized spacial score (nSPS) is 15.0. The highest BCUT2D eigenvalue weighted by molar-refractivity contribution is 6.31. The Morgan fingerprint density at radius 2 is 1.94 bits per heavy atom. The van der Waals surface area contributed by atoms with Crippen molar-refractivity contribution in [2.75, 3.05) is 42.9 Å². The Morgan fingerprint density at radius 1 is 1.17 bits per heavy atom. The van der Waals surface area contributed by atoms with Gasteiger partial charge < -0.3 is 15.2 Å². The SMILES string of the molecule is O=C(Nc1c[nH]c2ccc(Cl)cc12)c1cn(-c2cnc(N3CCN(CC(F)(F)F)CC3)c(F)c2)nn1. The number of fused-ring (bicyclic) bond motifs is 1. The molecule has 0 aliphatic carbocycles. The maximum atomic E-state index is 14.8. The number of pyridine rings is 1. The number of amides is 1. The summed E-state index contributed by atoms with van der Waals surface area (Å²) in [5, 5.41) is 11.7. The number of rotatable bonds is 5. The molecule has 188 valence electrons. The van der Waals surface area contributed by atoms with Gasteiger partial charge in [0.05, 0.1) is 30.3 Å². The minimum Gasteiger partial charge on any atom is -0.359 e. The van der Waals surface area contributed by atoms with Crippen molar-refractivity contribution in [2.24, 2.45) is 0 Å². The van der Waals surface area contributed by atoms with E-state index in [1.165, 1.54) is 28.0 Å². The van der Waals surface area contributed by atoms with Gasteiger partial charge in [-0.05, 0) is 18.2 Å². The lowest BCUT2D eigenvalue weighted by Crippen LogP contribution is -2.49. The fourth-order valence-electron chi connectivity index (χ4n) is 4.03. The van der Waals surface area contributed by atoms with Crippen molar-refractivity contribution in [1.29, 1.82) is 0 Å². The van der Waals surface area contributed by atoms with Crippen molar-refractivity contribution in [3.63, 3.8) is 0 Å². The van der Waals surface area contributed by atoms with Gasteiger partial charge in [0.1, 0.15) is 0 Å². The average molecular weight is 523 g/mol. The van der Waals surface area contributed by atoms with Crippen LogP contribution < -0.4 is 10.2 Å². The van der Waals surface area contributed by atoms with Gasteiger partial charge in [-0.1, -0.05) is 16.8 Å². The summed E-state index contributed by atoms with van der Waals surface area (Å²) in [4.78, 5) is 22.7. The monoisotopic (exact) mass is 522 g/mol. The summed E-state index contributed by atoms with van der Waals surface area (Å²) < 4.78 is 53.8. The van der Waals surface area contributed by atoms with E-state index in [0.717, 1.165) is 10.9 Å². The number of hydrogen-bond acceptors (Lipinski definition) is 6. The van der Waals surface area contributed by atoms with Gasteiger partial charge in [-0.25, -0.2) is 14.1 Å². The van der Waals surface area contributed by atoms with Crippen LogP contribution in [0.2, 0.25) is 5.02 Å². The van der Waals surface area contributed by atoms with Gasteiger partial charge in [0.2, 0.25) is 0 Å². The summed E-state index contributed by atoms with van der Waals surface area (Å²) in [6.45, 7) is -0.275. The van der Waals surface area contributed by atoms with Crippen molar-refractivity contribution >= 4 is 39.9 Å². The molecule has 5 rings (SSSR count). The number of nitrogens with zero attached hydrogens (tertiary/aromatic N) is 6. The Bertz CT molecular complexity index is 1410. The number of aromatic nitrogens is 5. The highest BCUT2D eigenvalue weighted by atomic mass is 35.5. The number of hydrogen-bond donors (Lipinski definition) is 2. The van der Waals surface area contributed by atoms with Gasteiger partial charge in [0.25, 0.3) is 5.91 Å². The molecule has 1 aliphatic rings. The van der Waals surface area contributed by atoms with E-state index in [2.05, 4.69) is 25.6 Å². The molecule has 14 heteroatoms. The lowest BCUT2D eigenvalue weighted by atomic mass is 10.2. The maximum absolute atomic E-state index is 14.8. The molecule has 0 unspecified atom stereocenters. The molecule has 3 aromatic heterocycles. The van der Waals surface area contributed by atoms with Crippen LogP contribution in [0.5, 0.6) is 0 Å². The largest absolute Gasteiger partial charge is 0.401 e. The molecule has 0 saturated carbocycles. The first-order chi connectivity index (χ1) is 17.2. The second kappa shape index (κ2) is 9.39. The second-order valence-corrected chi connectivity index (χ2v) is 8.71. The van der Waals surface area contributed by atoms with Crippen LogP contribution in [0.25, 0.3) is 16.6 Å². The Kier molecular flexibility index (Phi) is 6.26.